The van der Waals surface area contributed by atoms with E-state index in [2.05, 4.69) is 10.3 Å². The third kappa shape index (κ3) is 4.80. The van der Waals surface area contributed by atoms with Crippen molar-refractivity contribution < 1.29 is 27.1 Å². The van der Waals surface area contributed by atoms with Crippen LogP contribution in [0.2, 0.25) is 0 Å². The number of hydrogen-bond donors (Lipinski definition) is 2. The molecule has 2 aromatic rings. The van der Waals surface area contributed by atoms with Gasteiger partial charge in [-0.2, -0.15) is 4.31 Å². The monoisotopic (exact) mass is 451 g/mol. The highest BCUT2D eigenvalue weighted by molar-refractivity contribution is 7.89. The SMILES string of the molecule is CCOC(=O)c1c(C)[nH]c(C)c1S(=O)(=O)N1CCC[C@@H](C(=O)Nc2ccc(F)cc2)C1. The van der Waals surface area contributed by atoms with Gasteiger partial charge in [0.25, 0.3) is 0 Å². The molecule has 3 rings (SSSR count). The molecule has 0 unspecified atom stereocenters. The second-order valence-corrected chi connectivity index (χ2v) is 9.37. The molecule has 0 spiro atoms. The lowest BCUT2D eigenvalue weighted by Crippen LogP contribution is -2.44. The van der Waals surface area contributed by atoms with Crippen molar-refractivity contribution in [3.05, 3.63) is 47.0 Å². The van der Waals surface area contributed by atoms with Gasteiger partial charge in [-0.15, -0.1) is 0 Å². The number of amides is 1. The zero-order valence-corrected chi connectivity index (χ0v) is 18.5. The third-order valence-electron chi connectivity index (χ3n) is 5.26. The Morgan fingerprint density at radius 2 is 1.90 bits per heavy atom. The second kappa shape index (κ2) is 9.19. The minimum absolute atomic E-state index is 0.00256. The van der Waals surface area contributed by atoms with Gasteiger partial charge in [-0.3, -0.25) is 4.79 Å². The molecule has 31 heavy (non-hydrogen) atoms. The minimum Gasteiger partial charge on any atom is -0.462 e. The number of aromatic nitrogens is 1. The van der Waals surface area contributed by atoms with Crippen molar-refractivity contribution >= 4 is 27.6 Å². The number of ether oxygens (including phenoxy) is 1. The molecule has 2 heterocycles. The van der Waals surface area contributed by atoms with E-state index in [1.165, 1.54) is 28.6 Å². The van der Waals surface area contributed by atoms with Gasteiger partial charge in [0, 0.05) is 30.2 Å². The second-order valence-electron chi connectivity index (χ2n) is 7.50. The van der Waals surface area contributed by atoms with Crippen LogP contribution in [0, 0.1) is 25.6 Å². The largest absolute Gasteiger partial charge is 0.462 e. The van der Waals surface area contributed by atoms with Gasteiger partial charge in [-0.25, -0.2) is 17.6 Å². The number of esters is 1. The van der Waals surface area contributed by atoms with Crippen LogP contribution >= 0.6 is 0 Å². The van der Waals surface area contributed by atoms with Crippen LogP contribution in [-0.4, -0.2) is 49.3 Å². The van der Waals surface area contributed by atoms with E-state index in [1.54, 1.807) is 20.8 Å². The highest BCUT2D eigenvalue weighted by Crippen LogP contribution is 2.31. The summed E-state index contributed by atoms with van der Waals surface area (Å²) in [6.45, 7) is 5.21. The average Bonchev–Trinajstić information content (AvgIpc) is 3.04. The third-order valence-corrected chi connectivity index (χ3v) is 7.30. The Labute approximate surface area is 180 Å². The summed E-state index contributed by atoms with van der Waals surface area (Å²) >= 11 is 0. The van der Waals surface area contributed by atoms with E-state index in [0.717, 1.165) is 0 Å². The van der Waals surface area contributed by atoms with E-state index in [1.807, 2.05) is 0 Å². The standard InChI is InChI=1S/C21H26FN3O5S/c1-4-30-21(27)18-13(2)23-14(3)19(18)31(28,29)25-11-5-6-15(12-25)20(26)24-17-9-7-16(22)8-10-17/h7-10,15,23H,4-6,11-12H2,1-3H3,(H,24,26)/t15-/m1/s1. The van der Waals surface area contributed by atoms with Crippen LogP contribution in [-0.2, 0) is 19.6 Å². The number of hydrogen-bond acceptors (Lipinski definition) is 5. The molecule has 1 amide bonds. The molecule has 8 nitrogen and oxygen atoms in total. The quantitative estimate of drug-likeness (QED) is 0.657. The summed E-state index contributed by atoms with van der Waals surface area (Å²) in [5.74, 6) is -2.02. The number of carbonyl (C=O) groups is 2. The number of rotatable bonds is 6. The molecule has 1 fully saturated rings. The van der Waals surface area contributed by atoms with Crippen LogP contribution in [0.4, 0.5) is 10.1 Å². The Hall–Kier alpha value is -2.72. The first-order valence-electron chi connectivity index (χ1n) is 10.1. The van der Waals surface area contributed by atoms with E-state index >= 15 is 0 Å². The predicted molar refractivity (Wildman–Crippen MR) is 113 cm³/mol. The molecule has 1 atom stereocenters. The number of aromatic amines is 1. The molecule has 10 heteroatoms. The van der Waals surface area contributed by atoms with Gasteiger partial charge in [0.05, 0.1) is 12.5 Å². The molecule has 1 aromatic carbocycles. The lowest BCUT2D eigenvalue weighted by Gasteiger charge is -2.31. The van der Waals surface area contributed by atoms with E-state index in [0.29, 0.717) is 29.9 Å². The Morgan fingerprint density at radius 3 is 2.55 bits per heavy atom. The molecule has 1 aromatic heterocycles. The van der Waals surface area contributed by atoms with Gasteiger partial charge in [-0.05, 0) is 57.9 Å². The summed E-state index contributed by atoms with van der Waals surface area (Å²) in [7, 11) is -4.04. The number of piperidine rings is 1. The predicted octanol–water partition coefficient (Wildman–Crippen LogP) is 2.99. The van der Waals surface area contributed by atoms with Gasteiger partial charge in [0.2, 0.25) is 15.9 Å². The maximum Gasteiger partial charge on any atom is 0.341 e. The van der Waals surface area contributed by atoms with E-state index in [4.69, 9.17) is 4.74 Å². The van der Waals surface area contributed by atoms with Crippen LogP contribution < -0.4 is 5.32 Å². The molecular weight excluding hydrogens is 425 g/mol. The van der Waals surface area contributed by atoms with E-state index < -0.39 is 27.7 Å². The summed E-state index contributed by atoms with van der Waals surface area (Å²) in [6, 6.07) is 5.37. The molecule has 1 saturated heterocycles. The number of aryl methyl sites for hydroxylation is 2. The highest BCUT2D eigenvalue weighted by Gasteiger charge is 2.38. The van der Waals surface area contributed by atoms with Crippen molar-refractivity contribution in [2.24, 2.45) is 5.92 Å². The molecule has 0 bridgehead atoms. The Morgan fingerprint density at radius 1 is 1.23 bits per heavy atom. The maximum atomic E-state index is 13.4. The Kier molecular flexibility index (Phi) is 6.80. The van der Waals surface area contributed by atoms with Crippen LogP contribution in [0.5, 0.6) is 0 Å². The molecule has 0 radical (unpaired) electrons. The van der Waals surface area contributed by atoms with Crippen LogP contribution in [0.1, 0.15) is 41.5 Å². The Balaban J connectivity index is 1.83. The summed E-state index contributed by atoms with van der Waals surface area (Å²) < 4.78 is 46.2. The molecule has 168 valence electrons. The lowest BCUT2D eigenvalue weighted by atomic mass is 9.99. The summed E-state index contributed by atoms with van der Waals surface area (Å²) in [6.07, 6.45) is 1.02. The van der Waals surface area contributed by atoms with Crippen molar-refractivity contribution in [3.8, 4) is 0 Å². The van der Waals surface area contributed by atoms with Gasteiger partial charge in [-0.1, -0.05) is 0 Å². The molecule has 1 aliphatic heterocycles. The van der Waals surface area contributed by atoms with Crippen LogP contribution in [0.3, 0.4) is 0 Å². The van der Waals surface area contributed by atoms with E-state index in [9.17, 15) is 22.4 Å². The average molecular weight is 452 g/mol. The number of H-pyrrole nitrogens is 1. The maximum absolute atomic E-state index is 13.4. The van der Waals surface area contributed by atoms with Crippen molar-refractivity contribution in [2.75, 3.05) is 25.0 Å². The van der Waals surface area contributed by atoms with E-state index in [-0.39, 0.29) is 36.1 Å². The van der Waals surface area contributed by atoms with Gasteiger partial charge < -0.3 is 15.0 Å². The normalized spacial score (nSPS) is 17.4. The lowest BCUT2D eigenvalue weighted by molar-refractivity contribution is -0.120. The molecule has 0 aliphatic carbocycles. The van der Waals surface area contributed by atoms with Gasteiger partial charge in [0.15, 0.2) is 0 Å². The zero-order chi connectivity index (χ0) is 22.8. The highest BCUT2D eigenvalue weighted by atomic mass is 32.2. The first-order valence-corrected chi connectivity index (χ1v) is 11.5. The smallest absolute Gasteiger partial charge is 0.341 e. The van der Waals surface area contributed by atoms with Crippen molar-refractivity contribution in [3.63, 3.8) is 0 Å². The number of halogens is 1. The number of nitrogens with one attached hydrogen (secondary N) is 2. The Bertz CT molecular complexity index is 1080. The summed E-state index contributed by atoms with van der Waals surface area (Å²) in [5.41, 5.74) is 1.20. The van der Waals surface area contributed by atoms with Gasteiger partial charge in [0.1, 0.15) is 16.3 Å². The number of benzene rings is 1. The van der Waals surface area contributed by atoms with Crippen molar-refractivity contribution in [1.29, 1.82) is 0 Å². The molecule has 0 saturated carbocycles. The number of nitrogens with zero attached hydrogens (tertiary/aromatic N) is 1. The van der Waals surface area contributed by atoms with Crippen LogP contribution in [0.15, 0.2) is 29.2 Å². The summed E-state index contributed by atoms with van der Waals surface area (Å²) in [4.78, 5) is 27.9. The molecular formula is C21H26FN3O5S. The topological polar surface area (TPSA) is 109 Å². The zero-order valence-electron chi connectivity index (χ0n) is 17.7. The number of sulfonamides is 1. The van der Waals surface area contributed by atoms with Crippen molar-refractivity contribution in [2.45, 2.75) is 38.5 Å². The fourth-order valence-corrected chi connectivity index (χ4v) is 5.75. The summed E-state index contributed by atoms with van der Waals surface area (Å²) in [5, 5.41) is 2.71. The number of carbonyl (C=O) groups excluding carboxylic acids is 2. The number of anilines is 1. The molecule has 1 aliphatic rings. The first kappa shape index (κ1) is 23.0. The van der Waals surface area contributed by atoms with Crippen molar-refractivity contribution in [1.82, 2.24) is 9.29 Å². The fourth-order valence-electron chi connectivity index (χ4n) is 3.81. The first-order chi connectivity index (χ1) is 14.6. The minimum atomic E-state index is -4.04. The fraction of sp³-hybridized carbons (Fsp3) is 0.429. The van der Waals surface area contributed by atoms with Gasteiger partial charge >= 0.3 is 5.97 Å². The van der Waals surface area contributed by atoms with Crippen LogP contribution in [0.25, 0.3) is 0 Å². The molecule has 2 N–H and O–H groups in total.